The first-order valence-corrected chi connectivity index (χ1v) is 8.16. The molecule has 4 rings (SSSR count). The highest BCUT2D eigenvalue weighted by molar-refractivity contribution is 6.25. The summed E-state index contributed by atoms with van der Waals surface area (Å²) in [6.45, 7) is 1.49. The van der Waals surface area contributed by atoms with Gasteiger partial charge in [-0.1, -0.05) is 24.3 Å². The predicted octanol–water partition coefficient (Wildman–Crippen LogP) is 0.669. The predicted molar refractivity (Wildman–Crippen MR) is 85.7 cm³/mol. The van der Waals surface area contributed by atoms with Gasteiger partial charge in [0.2, 0.25) is 11.8 Å². The molecule has 1 aromatic carbocycles. The molecule has 0 saturated carbocycles. The number of para-hydroxylation sites is 1. The summed E-state index contributed by atoms with van der Waals surface area (Å²) in [4.78, 5) is 39.2. The number of hydrogen-bond donors (Lipinski definition) is 1. The monoisotopic (exact) mass is 343 g/mol. The molecule has 3 aliphatic heterocycles. The Balaban J connectivity index is 1.76. The summed E-state index contributed by atoms with van der Waals surface area (Å²) >= 11 is 0. The number of aliphatic hydroxyl groups is 1. The molecular weight excluding hydrogens is 326 g/mol. The Labute approximate surface area is 143 Å². The highest BCUT2D eigenvalue weighted by atomic mass is 16.5. The molecule has 0 aromatic heterocycles. The maximum atomic E-state index is 13.0. The molecule has 0 aliphatic carbocycles. The van der Waals surface area contributed by atoms with Crippen molar-refractivity contribution in [2.45, 2.75) is 18.6 Å². The van der Waals surface area contributed by atoms with Crippen LogP contribution < -0.4 is 4.90 Å². The summed E-state index contributed by atoms with van der Waals surface area (Å²) in [6.07, 6.45) is 2.84. The number of esters is 1. The molecule has 4 atom stereocenters. The quantitative estimate of drug-likeness (QED) is 0.491. The fraction of sp³-hybridized carbons (Fsp3) is 0.389. The fourth-order valence-electron chi connectivity index (χ4n) is 3.97. The lowest BCUT2D eigenvalue weighted by atomic mass is 9.77. The van der Waals surface area contributed by atoms with Crippen LogP contribution in [0.1, 0.15) is 17.3 Å². The molecule has 0 radical (unpaired) electrons. The number of carbonyl (C=O) groups excluding carboxylic acids is 3. The molecule has 25 heavy (non-hydrogen) atoms. The number of amides is 2. The molecule has 2 fully saturated rings. The Kier molecular flexibility index (Phi) is 3.52. The normalized spacial score (nSPS) is 32.4. The largest absolute Gasteiger partial charge is 0.462 e. The van der Waals surface area contributed by atoms with E-state index in [0.29, 0.717) is 0 Å². The molecule has 1 N–H and O–H groups in total. The Morgan fingerprint density at radius 1 is 1.32 bits per heavy atom. The van der Waals surface area contributed by atoms with Crippen LogP contribution in [0, 0.1) is 11.8 Å². The van der Waals surface area contributed by atoms with E-state index < -0.39 is 41.3 Å². The van der Waals surface area contributed by atoms with Crippen LogP contribution in [0.25, 0.3) is 0 Å². The first-order chi connectivity index (χ1) is 12.0. The molecule has 7 heteroatoms. The Morgan fingerprint density at radius 3 is 2.80 bits per heavy atom. The van der Waals surface area contributed by atoms with E-state index in [9.17, 15) is 19.5 Å². The van der Waals surface area contributed by atoms with Gasteiger partial charge in [-0.2, -0.15) is 0 Å². The first kappa shape index (κ1) is 16.0. The molecule has 1 aromatic rings. The van der Waals surface area contributed by atoms with Crippen molar-refractivity contribution >= 4 is 23.5 Å². The average Bonchev–Trinajstić information content (AvgIpc) is 3.26. The standard InChI is InChI=1S/C18H17NO6/c1-2-24-17(23)10-5-3-4-6-11(10)19-15(21)13-12-7-8-18(9-20,25-12)14(13)16(19)22/h3-8,12-14,20H,2,9H2,1H3/t12-,13+,14-,18+/m1/s1. The van der Waals surface area contributed by atoms with E-state index in [4.69, 9.17) is 9.47 Å². The van der Waals surface area contributed by atoms with Gasteiger partial charge in [0.15, 0.2) is 0 Å². The van der Waals surface area contributed by atoms with E-state index in [-0.39, 0.29) is 24.5 Å². The maximum absolute atomic E-state index is 13.0. The smallest absolute Gasteiger partial charge is 0.340 e. The van der Waals surface area contributed by atoms with Crippen molar-refractivity contribution in [3.8, 4) is 0 Å². The van der Waals surface area contributed by atoms with Crippen LogP contribution in [0.3, 0.4) is 0 Å². The number of anilines is 1. The number of rotatable bonds is 4. The second kappa shape index (κ2) is 5.50. The van der Waals surface area contributed by atoms with Crippen LogP contribution in [0.5, 0.6) is 0 Å². The number of aliphatic hydroxyl groups excluding tert-OH is 1. The SMILES string of the molecule is CCOC(=O)c1ccccc1N1C(=O)[C@H]2[C@H]3C=C[C@@](CO)(O3)[C@H]2C1=O. The third kappa shape index (κ3) is 2.03. The number of imide groups is 1. The summed E-state index contributed by atoms with van der Waals surface area (Å²) in [5.74, 6) is -2.94. The van der Waals surface area contributed by atoms with Crippen LogP contribution in [0.15, 0.2) is 36.4 Å². The summed E-state index contributed by atoms with van der Waals surface area (Å²) in [5.41, 5.74) is -0.793. The number of fused-ring (bicyclic) bond motifs is 5. The molecule has 7 nitrogen and oxygen atoms in total. The minimum atomic E-state index is -1.16. The zero-order valence-corrected chi connectivity index (χ0v) is 13.5. The lowest BCUT2D eigenvalue weighted by Crippen LogP contribution is -2.43. The van der Waals surface area contributed by atoms with Crippen molar-refractivity contribution in [2.24, 2.45) is 11.8 Å². The van der Waals surface area contributed by atoms with E-state index in [0.717, 1.165) is 4.90 Å². The van der Waals surface area contributed by atoms with E-state index in [1.54, 1.807) is 37.3 Å². The van der Waals surface area contributed by atoms with Gasteiger partial charge < -0.3 is 14.6 Å². The molecule has 2 bridgehead atoms. The first-order valence-electron chi connectivity index (χ1n) is 8.16. The maximum Gasteiger partial charge on any atom is 0.340 e. The molecule has 2 amide bonds. The minimum absolute atomic E-state index is 0.158. The van der Waals surface area contributed by atoms with Crippen molar-refractivity contribution in [1.29, 1.82) is 0 Å². The van der Waals surface area contributed by atoms with Crippen molar-refractivity contribution in [3.05, 3.63) is 42.0 Å². The Hall–Kier alpha value is -2.51. The second-order valence-corrected chi connectivity index (χ2v) is 6.31. The topological polar surface area (TPSA) is 93.1 Å². The number of ether oxygens (including phenoxy) is 2. The van der Waals surface area contributed by atoms with Crippen LogP contribution in [-0.2, 0) is 19.1 Å². The third-order valence-corrected chi connectivity index (χ3v) is 5.04. The zero-order chi connectivity index (χ0) is 17.8. The summed E-state index contributed by atoms with van der Waals surface area (Å²) < 4.78 is 10.7. The van der Waals surface area contributed by atoms with E-state index in [1.165, 1.54) is 6.07 Å². The molecule has 0 spiro atoms. The molecule has 3 aliphatic rings. The molecule has 3 heterocycles. The Bertz CT molecular complexity index is 803. The summed E-state index contributed by atoms with van der Waals surface area (Å²) in [7, 11) is 0. The number of hydrogen-bond acceptors (Lipinski definition) is 6. The van der Waals surface area contributed by atoms with Gasteiger partial charge in [-0.25, -0.2) is 9.69 Å². The number of carbonyl (C=O) groups is 3. The van der Waals surface area contributed by atoms with Gasteiger partial charge in [-0.15, -0.1) is 0 Å². The third-order valence-electron chi connectivity index (χ3n) is 5.04. The van der Waals surface area contributed by atoms with Gasteiger partial charge in [0.05, 0.1) is 42.4 Å². The van der Waals surface area contributed by atoms with Gasteiger partial charge in [0.1, 0.15) is 5.60 Å². The summed E-state index contributed by atoms with van der Waals surface area (Å²) in [5, 5.41) is 9.73. The molecule has 2 saturated heterocycles. The lowest BCUT2D eigenvalue weighted by Gasteiger charge is -2.26. The number of nitrogens with zero attached hydrogens (tertiary/aromatic N) is 1. The van der Waals surface area contributed by atoms with Crippen LogP contribution >= 0.6 is 0 Å². The second-order valence-electron chi connectivity index (χ2n) is 6.31. The van der Waals surface area contributed by atoms with Crippen LogP contribution in [0.2, 0.25) is 0 Å². The average molecular weight is 343 g/mol. The van der Waals surface area contributed by atoms with Gasteiger partial charge in [-0.05, 0) is 19.1 Å². The molecular formula is C18H17NO6. The highest BCUT2D eigenvalue weighted by Crippen LogP contribution is 2.52. The van der Waals surface area contributed by atoms with Gasteiger partial charge in [0, 0.05) is 0 Å². The van der Waals surface area contributed by atoms with Gasteiger partial charge >= 0.3 is 5.97 Å². The lowest BCUT2D eigenvalue weighted by molar-refractivity contribution is -0.128. The zero-order valence-electron chi connectivity index (χ0n) is 13.5. The number of benzene rings is 1. The van der Waals surface area contributed by atoms with Crippen molar-refractivity contribution in [3.63, 3.8) is 0 Å². The molecule has 0 unspecified atom stereocenters. The van der Waals surface area contributed by atoms with Crippen molar-refractivity contribution in [2.75, 3.05) is 18.1 Å². The van der Waals surface area contributed by atoms with Crippen molar-refractivity contribution in [1.82, 2.24) is 0 Å². The van der Waals surface area contributed by atoms with Gasteiger partial charge in [-0.3, -0.25) is 9.59 Å². The Morgan fingerprint density at radius 2 is 2.08 bits per heavy atom. The minimum Gasteiger partial charge on any atom is -0.462 e. The van der Waals surface area contributed by atoms with Crippen LogP contribution in [0.4, 0.5) is 5.69 Å². The van der Waals surface area contributed by atoms with Gasteiger partial charge in [0.25, 0.3) is 0 Å². The fourth-order valence-corrected chi connectivity index (χ4v) is 3.97. The van der Waals surface area contributed by atoms with E-state index in [1.807, 2.05) is 0 Å². The summed E-state index contributed by atoms with van der Waals surface area (Å²) in [6, 6.07) is 6.36. The van der Waals surface area contributed by atoms with Crippen molar-refractivity contribution < 1.29 is 29.0 Å². The molecule has 130 valence electrons. The van der Waals surface area contributed by atoms with Crippen LogP contribution in [-0.4, -0.2) is 47.8 Å². The highest BCUT2D eigenvalue weighted by Gasteiger charge is 2.67. The van der Waals surface area contributed by atoms with E-state index >= 15 is 0 Å². The van der Waals surface area contributed by atoms with E-state index in [2.05, 4.69) is 0 Å².